The van der Waals surface area contributed by atoms with Crippen molar-refractivity contribution in [3.63, 3.8) is 0 Å². The Kier molecular flexibility index (Phi) is 6.39. The van der Waals surface area contributed by atoms with Crippen LogP contribution in [-0.4, -0.2) is 44.4 Å². The molecule has 9 heteroatoms. The van der Waals surface area contributed by atoms with E-state index in [9.17, 15) is 18.0 Å². The summed E-state index contributed by atoms with van der Waals surface area (Å²) in [4.78, 5) is 26.6. The Balaban J connectivity index is 1.72. The number of hydrogen-bond acceptors (Lipinski definition) is 6. The lowest BCUT2D eigenvalue weighted by molar-refractivity contribution is -0.138. The van der Waals surface area contributed by atoms with Crippen molar-refractivity contribution in [3.8, 4) is 0 Å². The van der Waals surface area contributed by atoms with Crippen LogP contribution in [0.15, 0.2) is 45.9 Å². The molecule has 8 nitrogen and oxygen atoms in total. The van der Waals surface area contributed by atoms with E-state index in [-0.39, 0.29) is 22.9 Å². The monoisotopic (exact) mass is 420 g/mol. The summed E-state index contributed by atoms with van der Waals surface area (Å²) in [6.45, 7) is 4.52. The van der Waals surface area contributed by atoms with Crippen LogP contribution >= 0.6 is 0 Å². The van der Waals surface area contributed by atoms with E-state index in [1.807, 2.05) is 0 Å². The maximum Gasteiger partial charge on any atom is 0.339 e. The number of likely N-dealkylation sites (tertiary alicyclic amines) is 1. The maximum absolute atomic E-state index is 12.6. The van der Waals surface area contributed by atoms with Gasteiger partial charge in [-0.05, 0) is 56.5 Å². The highest BCUT2D eigenvalue weighted by atomic mass is 32.2. The van der Waals surface area contributed by atoms with Crippen molar-refractivity contribution in [3.05, 3.63) is 53.5 Å². The number of sulfonamides is 1. The Labute approximate surface area is 169 Å². The van der Waals surface area contributed by atoms with Crippen LogP contribution in [0.3, 0.4) is 0 Å². The van der Waals surface area contributed by atoms with Gasteiger partial charge in [-0.15, -0.1) is 0 Å². The molecule has 0 aliphatic carbocycles. The molecule has 1 amide bonds. The number of aryl methyl sites for hydroxylation is 1. The number of ether oxygens (including phenoxy) is 1. The highest BCUT2D eigenvalue weighted by molar-refractivity contribution is 7.89. The van der Waals surface area contributed by atoms with E-state index in [0.29, 0.717) is 24.4 Å². The topological polar surface area (TPSA) is 106 Å². The standard InChI is InChI=1S/C20H24N2O6S/c1-14-7-8-17(29(25,26)21-13-16-6-5-11-27-16)12-18(14)20(24)28-15(2)19(23)22-9-3-4-10-22/h5-8,11-12,15,21H,3-4,9-10,13H2,1-2H3. The highest BCUT2D eigenvalue weighted by Gasteiger charge is 2.27. The molecule has 2 heterocycles. The molecule has 0 spiro atoms. The van der Waals surface area contributed by atoms with Gasteiger partial charge in [-0.2, -0.15) is 0 Å². The molecule has 0 radical (unpaired) electrons. The molecule has 3 rings (SSSR count). The Hall–Kier alpha value is -2.65. The van der Waals surface area contributed by atoms with Gasteiger partial charge in [0.2, 0.25) is 10.0 Å². The second-order valence-electron chi connectivity index (χ2n) is 6.96. The second kappa shape index (κ2) is 8.79. The zero-order chi connectivity index (χ0) is 21.0. The molecule has 1 atom stereocenters. The van der Waals surface area contributed by atoms with E-state index < -0.39 is 22.1 Å². The van der Waals surface area contributed by atoms with E-state index in [0.717, 1.165) is 12.8 Å². The Morgan fingerprint density at radius 3 is 2.62 bits per heavy atom. The van der Waals surface area contributed by atoms with Gasteiger partial charge in [-0.1, -0.05) is 6.07 Å². The summed E-state index contributed by atoms with van der Waals surface area (Å²) >= 11 is 0. The first-order valence-electron chi connectivity index (χ1n) is 9.40. The molecule has 1 unspecified atom stereocenters. The fourth-order valence-electron chi connectivity index (χ4n) is 3.12. The largest absolute Gasteiger partial charge is 0.468 e. The molecular weight excluding hydrogens is 396 g/mol. The Morgan fingerprint density at radius 2 is 1.97 bits per heavy atom. The number of nitrogens with zero attached hydrogens (tertiary/aromatic N) is 1. The van der Waals surface area contributed by atoms with Crippen molar-refractivity contribution >= 4 is 21.9 Å². The minimum atomic E-state index is -3.86. The zero-order valence-corrected chi connectivity index (χ0v) is 17.2. The van der Waals surface area contributed by atoms with E-state index in [1.54, 1.807) is 24.0 Å². The van der Waals surface area contributed by atoms with Crippen LogP contribution in [0.4, 0.5) is 0 Å². The predicted molar refractivity (Wildman–Crippen MR) is 105 cm³/mol. The molecule has 1 aromatic heterocycles. The number of carbonyl (C=O) groups is 2. The number of esters is 1. The third kappa shape index (κ3) is 5.04. The lowest BCUT2D eigenvalue weighted by atomic mass is 10.1. The van der Waals surface area contributed by atoms with Crippen LogP contribution in [0.1, 0.15) is 41.4 Å². The summed E-state index contributed by atoms with van der Waals surface area (Å²) in [5.74, 6) is -0.502. The molecule has 1 aliphatic heterocycles. The van der Waals surface area contributed by atoms with E-state index >= 15 is 0 Å². The van der Waals surface area contributed by atoms with Crippen LogP contribution in [0.2, 0.25) is 0 Å². The minimum Gasteiger partial charge on any atom is -0.468 e. The maximum atomic E-state index is 12.6. The van der Waals surface area contributed by atoms with Crippen LogP contribution < -0.4 is 4.72 Å². The number of amides is 1. The van der Waals surface area contributed by atoms with E-state index in [4.69, 9.17) is 9.15 Å². The third-order valence-corrected chi connectivity index (χ3v) is 6.20. The third-order valence-electron chi connectivity index (χ3n) is 4.81. The average Bonchev–Trinajstić information content (AvgIpc) is 3.39. The smallest absolute Gasteiger partial charge is 0.339 e. The summed E-state index contributed by atoms with van der Waals surface area (Å²) in [5.41, 5.74) is 0.660. The SMILES string of the molecule is Cc1ccc(S(=O)(=O)NCc2ccco2)cc1C(=O)OC(C)C(=O)N1CCCC1. The van der Waals surface area contributed by atoms with Gasteiger partial charge in [0.15, 0.2) is 6.10 Å². The molecule has 29 heavy (non-hydrogen) atoms. The van der Waals surface area contributed by atoms with Crippen molar-refractivity contribution < 1.29 is 27.2 Å². The molecule has 1 saturated heterocycles. The molecule has 0 saturated carbocycles. The molecule has 1 aromatic carbocycles. The van der Waals surface area contributed by atoms with Crippen LogP contribution in [-0.2, 0) is 26.1 Å². The van der Waals surface area contributed by atoms with Gasteiger partial charge < -0.3 is 14.1 Å². The first-order valence-corrected chi connectivity index (χ1v) is 10.9. The number of benzene rings is 1. The quantitative estimate of drug-likeness (QED) is 0.689. The molecule has 1 fully saturated rings. The van der Waals surface area contributed by atoms with Gasteiger partial charge in [-0.3, -0.25) is 4.79 Å². The first-order chi connectivity index (χ1) is 13.8. The Bertz CT molecular complexity index is 978. The van der Waals surface area contributed by atoms with Gasteiger partial charge in [0, 0.05) is 13.1 Å². The fraction of sp³-hybridized carbons (Fsp3) is 0.400. The average molecular weight is 420 g/mol. The second-order valence-corrected chi connectivity index (χ2v) is 8.73. The normalized spacial score (nSPS) is 15.3. The number of rotatable bonds is 7. The number of carbonyl (C=O) groups excluding carboxylic acids is 2. The lowest BCUT2D eigenvalue weighted by Gasteiger charge is -2.20. The summed E-state index contributed by atoms with van der Waals surface area (Å²) in [6, 6.07) is 7.52. The van der Waals surface area contributed by atoms with Crippen molar-refractivity contribution in [2.45, 2.75) is 44.2 Å². The molecular formula is C20H24N2O6S. The number of furan rings is 1. The molecule has 1 aliphatic rings. The lowest BCUT2D eigenvalue weighted by Crippen LogP contribution is -2.38. The van der Waals surface area contributed by atoms with Crippen molar-refractivity contribution in [2.24, 2.45) is 0 Å². The van der Waals surface area contributed by atoms with Gasteiger partial charge in [0.25, 0.3) is 5.91 Å². The van der Waals surface area contributed by atoms with Gasteiger partial charge in [0.1, 0.15) is 5.76 Å². The predicted octanol–water partition coefficient (Wildman–Crippen LogP) is 2.23. The van der Waals surface area contributed by atoms with E-state index in [1.165, 1.54) is 31.4 Å². The fourth-order valence-corrected chi connectivity index (χ4v) is 4.14. The first kappa shape index (κ1) is 21.1. The van der Waals surface area contributed by atoms with Gasteiger partial charge in [0.05, 0.1) is 23.3 Å². The number of hydrogen-bond donors (Lipinski definition) is 1. The summed E-state index contributed by atoms with van der Waals surface area (Å²) in [5, 5.41) is 0. The minimum absolute atomic E-state index is 0.00956. The van der Waals surface area contributed by atoms with Gasteiger partial charge >= 0.3 is 5.97 Å². The van der Waals surface area contributed by atoms with Crippen LogP contribution in [0.5, 0.6) is 0 Å². The van der Waals surface area contributed by atoms with Crippen molar-refractivity contribution in [1.29, 1.82) is 0 Å². The summed E-state index contributed by atoms with van der Waals surface area (Å²) in [6.07, 6.45) is 2.40. The van der Waals surface area contributed by atoms with E-state index in [2.05, 4.69) is 4.72 Å². The summed E-state index contributed by atoms with van der Waals surface area (Å²) in [7, 11) is -3.86. The summed E-state index contributed by atoms with van der Waals surface area (Å²) < 4.78 is 38.0. The molecule has 1 N–H and O–H groups in total. The zero-order valence-electron chi connectivity index (χ0n) is 16.4. The van der Waals surface area contributed by atoms with Crippen LogP contribution in [0.25, 0.3) is 0 Å². The van der Waals surface area contributed by atoms with Crippen molar-refractivity contribution in [2.75, 3.05) is 13.1 Å². The van der Waals surface area contributed by atoms with Gasteiger partial charge in [-0.25, -0.2) is 17.9 Å². The highest BCUT2D eigenvalue weighted by Crippen LogP contribution is 2.19. The van der Waals surface area contributed by atoms with Crippen molar-refractivity contribution in [1.82, 2.24) is 9.62 Å². The number of nitrogens with one attached hydrogen (secondary N) is 1. The molecule has 0 bridgehead atoms. The van der Waals surface area contributed by atoms with Crippen LogP contribution in [0, 0.1) is 6.92 Å². The molecule has 2 aromatic rings. The Morgan fingerprint density at radius 1 is 1.24 bits per heavy atom. The molecule has 156 valence electrons.